The summed E-state index contributed by atoms with van der Waals surface area (Å²) in [6.07, 6.45) is 4.13. The molecule has 0 aromatic carbocycles. The quantitative estimate of drug-likeness (QED) is 0.703. The van der Waals surface area contributed by atoms with Gasteiger partial charge in [0.1, 0.15) is 0 Å². The monoisotopic (exact) mass is 327 g/mol. The van der Waals surface area contributed by atoms with E-state index in [9.17, 15) is 4.79 Å². The zero-order valence-corrected chi connectivity index (χ0v) is 14.6. The minimum atomic E-state index is 0. The largest absolute Gasteiger partial charge is 0.355 e. The zero-order valence-electron chi connectivity index (χ0n) is 13.0. The SMILES string of the molecule is CNCCCC(=O)NCC(C)N1CCC(C)CC1.Cl.Cl. The fourth-order valence-electron chi connectivity index (χ4n) is 2.37. The molecule has 0 aromatic rings. The Labute approximate surface area is 136 Å². The van der Waals surface area contributed by atoms with Gasteiger partial charge < -0.3 is 10.6 Å². The summed E-state index contributed by atoms with van der Waals surface area (Å²) in [6, 6.07) is 0.464. The number of rotatable bonds is 7. The molecule has 122 valence electrons. The molecule has 1 heterocycles. The normalized spacial score (nSPS) is 17.8. The van der Waals surface area contributed by atoms with Crippen LogP contribution in [0.3, 0.4) is 0 Å². The number of hydrogen-bond donors (Lipinski definition) is 2. The molecular weight excluding hydrogens is 297 g/mol. The van der Waals surface area contributed by atoms with E-state index < -0.39 is 0 Å². The second-order valence-corrected chi connectivity index (χ2v) is 5.58. The van der Waals surface area contributed by atoms with Crippen molar-refractivity contribution in [3.8, 4) is 0 Å². The number of carbonyl (C=O) groups excluding carboxylic acids is 1. The van der Waals surface area contributed by atoms with E-state index in [-0.39, 0.29) is 30.7 Å². The summed E-state index contributed by atoms with van der Waals surface area (Å²) in [6.45, 7) is 8.59. The Balaban J connectivity index is 0. The highest BCUT2D eigenvalue weighted by atomic mass is 35.5. The third kappa shape index (κ3) is 9.01. The van der Waals surface area contributed by atoms with Crippen LogP contribution in [0.4, 0.5) is 0 Å². The van der Waals surface area contributed by atoms with Crippen LogP contribution in [0.2, 0.25) is 0 Å². The first kappa shape index (κ1) is 22.3. The average Bonchev–Trinajstić information content (AvgIpc) is 2.37. The summed E-state index contributed by atoms with van der Waals surface area (Å²) in [7, 11) is 1.91. The maximum absolute atomic E-state index is 11.6. The molecule has 20 heavy (non-hydrogen) atoms. The Kier molecular flexibility index (Phi) is 14.1. The summed E-state index contributed by atoms with van der Waals surface area (Å²) in [4.78, 5) is 14.1. The van der Waals surface area contributed by atoms with Crippen LogP contribution >= 0.6 is 24.8 Å². The number of carbonyl (C=O) groups is 1. The van der Waals surface area contributed by atoms with Crippen LogP contribution < -0.4 is 10.6 Å². The molecule has 1 fully saturated rings. The van der Waals surface area contributed by atoms with Gasteiger partial charge in [0.15, 0.2) is 0 Å². The van der Waals surface area contributed by atoms with Crippen LogP contribution in [-0.4, -0.2) is 50.1 Å². The van der Waals surface area contributed by atoms with Gasteiger partial charge in [-0.05, 0) is 58.8 Å². The van der Waals surface area contributed by atoms with Gasteiger partial charge in [0.2, 0.25) is 5.91 Å². The van der Waals surface area contributed by atoms with E-state index in [1.807, 2.05) is 7.05 Å². The van der Waals surface area contributed by atoms with E-state index in [1.165, 1.54) is 25.9 Å². The molecule has 0 aromatic heterocycles. The van der Waals surface area contributed by atoms with Gasteiger partial charge in [-0.3, -0.25) is 9.69 Å². The molecule has 1 saturated heterocycles. The lowest BCUT2D eigenvalue weighted by atomic mass is 9.98. The molecular formula is C14H31Cl2N3O. The van der Waals surface area contributed by atoms with Crippen molar-refractivity contribution in [2.75, 3.05) is 33.2 Å². The van der Waals surface area contributed by atoms with Crippen LogP contribution in [0.1, 0.15) is 39.5 Å². The molecule has 0 saturated carbocycles. The molecule has 0 aliphatic carbocycles. The van der Waals surface area contributed by atoms with E-state index in [1.54, 1.807) is 0 Å². The van der Waals surface area contributed by atoms with Crippen LogP contribution in [0.5, 0.6) is 0 Å². The third-order valence-electron chi connectivity index (χ3n) is 3.87. The van der Waals surface area contributed by atoms with Crippen molar-refractivity contribution in [2.45, 2.75) is 45.6 Å². The minimum Gasteiger partial charge on any atom is -0.355 e. The van der Waals surface area contributed by atoms with E-state index in [0.29, 0.717) is 12.5 Å². The highest BCUT2D eigenvalue weighted by molar-refractivity contribution is 5.85. The lowest BCUT2D eigenvalue weighted by Gasteiger charge is -2.35. The summed E-state index contributed by atoms with van der Waals surface area (Å²) in [5, 5.41) is 6.10. The van der Waals surface area contributed by atoms with Crippen molar-refractivity contribution in [1.29, 1.82) is 0 Å². The molecule has 1 atom stereocenters. The Hall–Kier alpha value is -0.0300. The lowest BCUT2D eigenvalue weighted by Crippen LogP contribution is -2.45. The van der Waals surface area contributed by atoms with Crippen molar-refractivity contribution >= 4 is 30.7 Å². The van der Waals surface area contributed by atoms with E-state index in [4.69, 9.17) is 0 Å². The number of halogens is 2. The number of piperidine rings is 1. The lowest BCUT2D eigenvalue weighted by molar-refractivity contribution is -0.121. The highest BCUT2D eigenvalue weighted by Gasteiger charge is 2.20. The van der Waals surface area contributed by atoms with Gasteiger partial charge in [-0.2, -0.15) is 0 Å². The number of hydrogen-bond acceptors (Lipinski definition) is 3. The number of amides is 1. The van der Waals surface area contributed by atoms with E-state index >= 15 is 0 Å². The fraction of sp³-hybridized carbons (Fsp3) is 0.929. The maximum atomic E-state index is 11.6. The summed E-state index contributed by atoms with van der Waals surface area (Å²) in [5.74, 6) is 1.05. The van der Waals surface area contributed by atoms with Gasteiger partial charge in [0, 0.05) is 19.0 Å². The molecule has 1 aliphatic rings. The molecule has 2 N–H and O–H groups in total. The van der Waals surface area contributed by atoms with Gasteiger partial charge in [0.25, 0.3) is 0 Å². The van der Waals surface area contributed by atoms with Gasteiger partial charge in [0.05, 0.1) is 0 Å². The zero-order chi connectivity index (χ0) is 13.4. The molecule has 6 heteroatoms. The third-order valence-corrected chi connectivity index (χ3v) is 3.87. The molecule has 0 spiro atoms. The highest BCUT2D eigenvalue weighted by Crippen LogP contribution is 2.17. The smallest absolute Gasteiger partial charge is 0.220 e. The number of likely N-dealkylation sites (tertiary alicyclic amines) is 1. The molecule has 1 aliphatic heterocycles. The van der Waals surface area contributed by atoms with E-state index in [0.717, 1.165) is 25.4 Å². The van der Waals surface area contributed by atoms with Gasteiger partial charge >= 0.3 is 0 Å². The number of nitrogens with zero attached hydrogens (tertiary/aromatic N) is 1. The van der Waals surface area contributed by atoms with Gasteiger partial charge in [-0.15, -0.1) is 24.8 Å². The van der Waals surface area contributed by atoms with Crippen LogP contribution in [0.25, 0.3) is 0 Å². The first-order valence-corrected chi connectivity index (χ1v) is 7.28. The molecule has 0 bridgehead atoms. The minimum absolute atomic E-state index is 0. The Morgan fingerprint density at radius 3 is 2.45 bits per heavy atom. The van der Waals surface area contributed by atoms with Crippen molar-refractivity contribution < 1.29 is 4.79 Å². The Bertz CT molecular complexity index is 247. The Morgan fingerprint density at radius 2 is 1.90 bits per heavy atom. The summed E-state index contributed by atoms with van der Waals surface area (Å²) in [5.41, 5.74) is 0. The summed E-state index contributed by atoms with van der Waals surface area (Å²) < 4.78 is 0. The van der Waals surface area contributed by atoms with Crippen molar-refractivity contribution in [3.63, 3.8) is 0 Å². The molecule has 0 radical (unpaired) electrons. The predicted octanol–water partition coefficient (Wildman–Crippen LogP) is 2.07. The van der Waals surface area contributed by atoms with E-state index in [2.05, 4.69) is 29.4 Å². The first-order chi connectivity index (χ1) is 8.63. The van der Waals surface area contributed by atoms with Gasteiger partial charge in [-0.1, -0.05) is 6.92 Å². The second-order valence-electron chi connectivity index (χ2n) is 5.58. The maximum Gasteiger partial charge on any atom is 0.220 e. The number of nitrogens with one attached hydrogen (secondary N) is 2. The predicted molar refractivity (Wildman–Crippen MR) is 90.1 cm³/mol. The molecule has 4 nitrogen and oxygen atoms in total. The molecule has 1 rings (SSSR count). The fourth-order valence-corrected chi connectivity index (χ4v) is 2.37. The van der Waals surface area contributed by atoms with Gasteiger partial charge in [-0.25, -0.2) is 0 Å². The average molecular weight is 328 g/mol. The second kappa shape index (κ2) is 12.7. The van der Waals surface area contributed by atoms with Crippen LogP contribution in [-0.2, 0) is 4.79 Å². The molecule has 1 unspecified atom stereocenters. The van der Waals surface area contributed by atoms with Crippen molar-refractivity contribution in [2.24, 2.45) is 5.92 Å². The Morgan fingerprint density at radius 1 is 1.30 bits per heavy atom. The standard InChI is InChI=1S/C14H29N3O.2ClH/c1-12-6-9-17(10-7-12)13(2)11-16-14(18)5-4-8-15-3;;/h12-13,15H,4-11H2,1-3H3,(H,16,18);2*1H. The summed E-state index contributed by atoms with van der Waals surface area (Å²) >= 11 is 0. The van der Waals surface area contributed by atoms with Crippen LogP contribution in [0.15, 0.2) is 0 Å². The van der Waals surface area contributed by atoms with Crippen molar-refractivity contribution in [3.05, 3.63) is 0 Å². The van der Waals surface area contributed by atoms with Crippen molar-refractivity contribution in [1.82, 2.24) is 15.5 Å². The molecule has 1 amide bonds. The van der Waals surface area contributed by atoms with Crippen LogP contribution in [0, 0.1) is 5.92 Å². The topological polar surface area (TPSA) is 44.4 Å². The first-order valence-electron chi connectivity index (χ1n) is 7.28.